The maximum absolute atomic E-state index is 6.01. The number of hydrogen-bond acceptors (Lipinski definition) is 3. The summed E-state index contributed by atoms with van der Waals surface area (Å²) in [6.45, 7) is 3.86. The normalized spacial score (nSPS) is 10.5. The average Bonchev–Trinajstić information content (AvgIpc) is 2.30. The summed E-state index contributed by atoms with van der Waals surface area (Å²) >= 11 is 12.0. The van der Waals surface area contributed by atoms with Crippen LogP contribution in [0.2, 0.25) is 10.0 Å². The van der Waals surface area contributed by atoms with Crippen molar-refractivity contribution in [1.29, 1.82) is 0 Å². The Bertz CT molecular complexity index is 577. The highest BCUT2D eigenvalue weighted by atomic mass is 35.5. The van der Waals surface area contributed by atoms with Gasteiger partial charge in [0.05, 0.1) is 11.4 Å². The molecular weight excluding hydrogens is 269 g/mol. The van der Waals surface area contributed by atoms with E-state index in [1.54, 1.807) is 6.07 Å². The van der Waals surface area contributed by atoms with Crippen LogP contribution < -0.4 is 5.32 Å². The van der Waals surface area contributed by atoms with Gasteiger partial charge in [-0.25, -0.2) is 9.97 Å². The van der Waals surface area contributed by atoms with Crippen molar-refractivity contribution in [3.8, 4) is 11.3 Å². The smallest absolute Gasteiger partial charge is 0.152 e. The summed E-state index contributed by atoms with van der Waals surface area (Å²) in [5.74, 6) is 0.719. The molecule has 0 unspecified atom stereocenters. The summed E-state index contributed by atoms with van der Waals surface area (Å²) in [5.41, 5.74) is 3.40. The Kier molecular flexibility index (Phi) is 3.73. The number of benzene rings is 1. The SMILES string of the molecule is CNc1nc(C)c(C)nc1-c1cc(Cl)cc(Cl)c1. The van der Waals surface area contributed by atoms with Gasteiger partial charge in [0.15, 0.2) is 5.82 Å². The number of nitrogens with one attached hydrogen (secondary N) is 1. The second-order valence-electron chi connectivity index (χ2n) is 4.00. The van der Waals surface area contributed by atoms with Crippen LogP contribution in [-0.2, 0) is 0 Å². The Morgan fingerprint density at radius 1 is 0.944 bits per heavy atom. The van der Waals surface area contributed by atoms with Gasteiger partial charge in [-0.05, 0) is 32.0 Å². The topological polar surface area (TPSA) is 37.8 Å². The molecule has 1 aromatic heterocycles. The van der Waals surface area contributed by atoms with E-state index in [-0.39, 0.29) is 0 Å². The highest BCUT2D eigenvalue weighted by Gasteiger charge is 2.11. The second-order valence-corrected chi connectivity index (χ2v) is 4.87. The van der Waals surface area contributed by atoms with Gasteiger partial charge in [0, 0.05) is 22.7 Å². The molecule has 18 heavy (non-hydrogen) atoms. The van der Waals surface area contributed by atoms with Crippen molar-refractivity contribution >= 4 is 29.0 Å². The zero-order valence-corrected chi connectivity index (χ0v) is 11.9. The molecule has 1 heterocycles. The summed E-state index contributed by atoms with van der Waals surface area (Å²) < 4.78 is 0. The number of hydrogen-bond donors (Lipinski definition) is 1. The van der Waals surface area contributed by atoms with Crippen molar-refractivity contribution in [2.75, 3.05) is 12.4 Å². The van der Waals surface area contributed by atoms with Crippen molar-refractivity contribution in [2.24, 2.45) is 0 Å². The van der Waals surface area contributed by atoms with Gasteiger partial charge in [0.2, 0.25) is 0 Å². The largest absolute Gasteiger partial charge is 0.371 e. The van der Waals surface area contributed by atoms with E-state index in [9.17, 15) is 0 Å². The van der Waals surface area contributed by atoms with Crippen molar-refractivity contribution in [3.05, 3.63) is 39.6 Å². The highest BCUT2D eigenvalue weighted by Crippen LogP contribution is 2.30. The van der Waals surface area contributed by atoms with E-state index in [4.69, 9.17) is 23.2 Å². The first-order valence-electron chi connectivity index (χ1n) is 5.50. The summed E-state index contributed by atoms with van der Waals surface area (Å²) in [7, 11) is 1.81. The van der Waals surface area contributed by atoms with Gasteiger partial charge in [0.1, 0.15) is 5.69 Å². The van der Waals surface area contributed by atoms with E-state index in [1.165, 1.54) is 0 Å². The van der Waals surface area contributed by atoms with Crippen LogP contribution in [0.5, 0.6) is 0 Å². The number of nitrogens with zero attached hydrogens (tertiary/aromatic N) is 2. The molecule has 0 spiro atoms. The minimum atomic E-state index is 0.583. The van der Waals surface area contributed by atoms with Gasteiger partial charge in [-0.2, -0.15) is 0 Å². The van der Waals surface area contributed by atoms with Crippen molar-refractivity contribution in [1.82, 2.24) is 9.97 Å². The minimum absolute atomic E-state index is 0.583. The molecule has 0 amide bonds. The van der Waals surface area contributed by atoms with Crippen LogP contribution in [0.4, 0.5) is 5.82 Å². The zero-order chi connectivity index (χ0) is 13.3. The fourth-order valence-corrected chi connectivity index (χ4v) is 2.20. The molecule has 0 aliphatic rings. The van der Waals surface area contributed by atoms with Crippen molar-refractivity contribution in [3.63, 3.8) is 0 Å². The molecule has 3 nitrogen and oxygen atoms in total. The molecule has 0 aliphatic carbocycles. The van der Waals surface area contributed by atoms with Crippen LogP contribution in [-0.4, -0.2) is 17.0 Å². The summed E-state index contributed by atoms with van der Waals surface area (Å²) in [6, 6.07) is 5.35. The van der Waals surface area contributed by atoms with E-state index in [2.05, 4.69) is 15.3 Å². The molecule has 0 saturated carbocycles. The van der Waals surface area contributed by atoms with Gasteiger partial charge in [-0.3, -0.25) is 0 Å². The molecule has 5 heteroatoms. The number of rotatable bonds is 2. The molecular formula is C13H13Cl2N3. The molecule has 1 aromatic carbocycles. The number of anilines is 1. The first-order valence-corrected chi connectivity index (χ1v) is 6.26. The fraction of sp³-hybridized carbons (Fsp3) is 0.231. The predicted molar refractivity (Wildman–Crippen MR) is 76.5 cm³/mol. The van der Waals surface area contributed by atoms with Crippen LogP contribution in [0.25, 0.3) is 11.3 Å². The average molecular weight is 282 g/mol. The fourth-order valence-electron chi connectivity index (χ4n) is 1.67. The van der Waals surface area contributed by atoms with Crippen LogP contribution in [0.1, 0.15) is 11.4 Å². The molecule has 2 rings (SSSR count). The third-order valence-electron chi connectivity index (χ3n) is 2.68. The number of halogens is 2. The molecule has 0 saturated heterocycles. The van der Waals surface area contributed by atoms with E-state index in [1.807, 2.05) is 33.0 Å². The van der Waals surface area contributed by atoms with Crippen LogP contribution >= 0.6 is 23.2 Å². The lowest BCUT2D eigenvalue weighted by molar-refractivity contribution is 1.05. The van der Waals surface area contributed by atoms with Crippen molar-refractivity contribution < 1.29 is 0 Å². The first-order chi connectivity index (χ1) is 8.51. The number of aromatic nitrogens is 2. The van der Waals surface area contributed by atoms with E-state index in [0.717, 1.165) is 28.5 Å². The third-order valence-corrected chi connectivity index (χ3v) is 3.12. The van der Waals surface area contributed by atoms with Gasteiger partial charge in [0.25, 0.3) is 0 Å². The Morgan fingerprint density at radius 2 is 1.50 bits per heavy atom. The Labute approximate surface area is 116 Å². The van der Waals surface area contributed by atoms with Gasteiger partial charge in [-0.1, -0.05) is 23.2 Å². The van der Waals surface area contributed by atoms with Gasteiger partial charge < -0.3 is 5.32 Å². The summed E-state index contributed by atoms with van der Waals surface area (Å²) in [5, 5.41) is 4.21. The maximum Gasteiger partial charge on any atom is 0.152 e. The minimum Gasteiger partial charge on any atom is -0.371 e. The first kappa shape index (κ1) is 13.1. The standard InChI is InChI=1S/C13H13Cl2N3/c1-7-8(2)18-13(16-3)12(17-7)9-4-10(14)6-11(15)5-9/h4-6H,1-3H3,(H,16,18). The van der Waals surface area contributed by atoms with Crippen LogP contribution in [0, 0.1) is 13.8 Å². The predicted octanol–water partition coefficient (Wildman–Crippen LogP) is 4.11. The number of aryl methyl sites for hydroxylation is 2. The molecule has 94 valence electrons. The monoisotopic (exact) mass is 281 g/mol. The quantitative estimate of drug-likeness (QED) is 0.900. The Balaban J connectivity index is 2.65. The van der Waals surface area contributed by atoms with E-state index >= 15 is 0 Å². The van der Waals surface area contributed by atoms with Gasteiger partial charge in [-0.15, -0.1) is 0 Å². The lowest BCUT2D eigenvalue weighted by Crippen LogP contribution is -2.02. The Hall–Kier alpha value is -1.32. The lowest BCUT2D eigenvalue weighted by Gasteiger charge is -2.11. The molecule has 2 aromatic rings. The van der Waals surface area contributed by atoms with E-state index < -0.39 is 0 Å². The molecule has 0 atom stereocenters. The van der Waals surface area contributed by atoms with E-state index in [0.29, 0.717) is 10.0 Å². The van der Waals surface area contributed by atoms with Crippen LogP contribution in [0.15, 0.2) is 18.2 Å². The van der Waals surface area contributed by atoms with Crippen LogP contribution in [0.3, 0.4) is 0 Å². The highest BCUT2D eigenvalue weighted by molar-refractivity contribution is 6.35. The molecule has 0 radical (unpaired) electrons. The van der Waals surface area contributed by atoms with Crippen molar-refractivity contribution in [2.45, 2.75) is 13.8 Å². The molecule has 1 N–H and O–H groups in total. The molecule has 0 fully saturated rings. The lowest BCUT2D eigenvalue weighted by atomic mass is 10.1. The second kappa shape index (κ2) is 5.12. The Morgan fingerprint density at radius 3 is 2.06 bits per heavy atom. The molecule has 0 bridgehead atoms. The maximum atomic E-state index is 6.01. The summed E-state index contributed by atoms with van der Waals surface area (Å²) in [6.07, 6.45) is 0. The van der Waals surface area contributed by atoms with Gasteiger partial charge >= 0.3 is 0 Å². The summed E-state index contributed by atoms with van der Waals surface area (Å²) in [4.78, 5) is 9.02. The molecule has 0 aliphatic heterocycles. The zero-order valence-electron chi connectivity index (χ0n) is 10.4. The third kappa shape index (κ3) is 2.57.